The zero-order valence-electron chi connectivity index (χ0n) is 10.8. The van der Waals surface area contributed by atoms with Gasteiger partial charge in [-0.2, -0.15) is 0 Å². The molecular weight excluding hydrogens is 436 g/mol. The van der Waals surface area contributed by atoms with Crippen molar-refractivity contribution in [3.63, 3.8) is 0 Å². The number of rotatable bonds is 4. The second kappa shape index (κ2) is 7.77. The van der Waals surface area contributed by atoms with Gasteiger partial charge in [-0.15, -0.1) is 0 Å². The van der Waals surface area contributed by atoms with Gasteiger partial charge in [-0.3, -0.25) is 0 Å². The first kappa shape index (κ1) is 17.9. The van der Waals surface area contributed by atoms with Crippen molar-refractivity contribution in [1.29, 1.82) is 0 Å². The van der Waals surface area contributed by atoms with Crippen molar-refractivity contribution in [2.24, 2.45) is 0 Å². The summed E-state index contributed by atoms with van der Waals surface area (Å²) in [6.07, 6.45) is 0.886. The molecule has 1 aromatic carbocycles. The van der Waals surface area contributed by atoms with Crippen LogP contribution in [0.1, 0.15) is 0 Å². The van der Waals surface area contributed by atoms with Gasteiger partial charge in [0.1, 0.15) is 5.70 Å². The lowest BCUT2D eigenvalue weighted by atomic mass is 10.3. The summed E-state index contributed by atoms with van der Waals surface area (Å²) in [4.78, 5) is 22.9. The molecule has 9 heteroatoms. The lowest BCUT2D eigenvalue weighted by Gasteiger charge is -2.13. The molecule has 1 N–H and O–H groups in total. The molecule has 0 saturated carbocycles. The van der Waals surface area contributed by atoms with E-state index >= 15 is 0 Å². The molecular formula is C12H9Br2ClFNO4. The standard InChI is InChI=1S/C12H9Br2ClFNO4/c1-20-8(18)4-7(12(19)21-2)17-11-5(13)3-6(15)10(16)9(11)14/h3-4,17H,1-2H3/b7-4+. The van der Waals surface area contributed by atoms with Crippen LogP contribution in [-0.2, 0) is 19.1 Å². The smallest absolute Gasteiger partial charge is 0.354 e. The summed E-state index contributed by atoms with van der Waals surface area (Å²) in [7, 11) is 2.29. The molecule has 114 valence electrons. The monoisotopic (exact) mass is 443 g/mol. The molecule has 0 aliphatic rings. The summed E-state index contributed by atoms with van der Waals surface area (Å²) in [5, 5.41) is 2.48. The number of halogens is 4. The highest BCUT2D eigenvalue weighted by molar-refractivity contribution is 9.11. The highest BCUT2D eigenvalue weighted by atomic mass is 79.9. The molecule has 0 saturated heterocycles. The fraction of sp³-hybridized carbons (Fsp3) is 0.167. The van der Waals surface area contributed by atoms with Gasteiger partial charge in [0.2, 0.25) is 0 Å². The Morgan fingerprint density at radius 1 is 1.33 bits per heavy atom. The number of hydrogen-bond acceptors (Lipinski definition) is 5. The number of hydrogen-bond donors (Lipinski definition) is 1. The minimum Gasteiger partial charge on any atom is -0.466 e. The van der Waals surface area contributed by atoms with Crippen LogP contribution in [0.3, 0.4) is 0 Å². The van der Waals surface area contributed by atoms with Gasteiger partial charge >= 0.3 is 11.9 Å². The molecule has 0 fully saturated rings. The molecule has 1 aromatic rings. The highest BCUT2D eigenvalue weighted by Crippen LogP contribution is 2.38. The van der Waals surface area contributed by atoms with Gasteiger partial charge in [0.15, 0.2) is 5.82 Å². The lowest BCUT2D eigenvalue weighted by molar-refractivity contribution is -0.138. The van der Waals surface area contributed by atoms with Crippen LogP contribution < -0.4 is 5.32 Å². The highest BCUT2D eigenvalue weighted by Gasteiger charge is 2.19. The van der Waals surface area contributed by atoms with E-state index in [1.54, 1.807) is 0 Å². The molecule has 0 atom stereocenters. The first-order valence-corrected chi connectivity index (χ1v) is 7.26. The number of carbonyl (C=O) groups is 2. The maximum Gasteiger partial charge on any atom is 0.354 e. The van der Waals surface area contributed by atoms with E-state index in [0.717, 1.165) is 20.3 Å². The molecule has 0 spiro atoms. The molecule has 0 aliphatic carbocycles. The number of anilines is 1. The Balaban J connectivity index is 3.28. The largest absolute Gasteiger partial charge is 0.466 e. The molecule has 1 rings (SSSR count). The van der Waals surface area contributed by atoms with Gasteiger partial charge in [-0.05, 0) is 37.9 Å². The Morgan fingerprint density at radius 3 is 2.48 bits per heavy atom. The number of benzene rings is 1. The predicted octanol–water partition coefficient (Wildman–Crippen LogP) is 3.65. The number of ether oxygens (including phenoxy) is 2. The Bertz CT molecular complexity index is 622. The molecule has 0 amide bonds. The molecule has 5 nitrogen and oxygen atoms in total. The fourth-order valence-corrected chi connectivity index (χ4v) is 3.02. The van der Waals surface area contributed by atoms with Crippen LogP contribution in [0.5, 0.6) is 0 Å². The average Bonchev–Trinajstić information content (AvgIpc) is 2.46. The van der Waals surface area contributed by atoms with Gasteiger partial charge < -0.3 is 14.8 Å². The maximum atomic E-state index is 13.8. The van der Waals surface area contributed by atoms with Crippen LogP contribution >= 0.6 is 43.5 Å². The Labute approximate surface area is 141 Å². The molecule has 0 heterocycles. The molecule has 21 heavy (non-hydrogen) atoms. The van der Waals surface area contributed by atoms with Crippen molar-refractivity contribution < 1.29 is 23.5 Å². The van der Waals surface area contributed by atoms with Crippen LogP contribution in [0.25, 0.3) is 0 Å². The second-order valence-corrected chi connectivity index (χ2v) is 5.60. The van der Waals surface area contributed by atoms with E-state index in [0.29, 0.717) is 4.47 Å². The lowest BCUT2D eigenvalue weighted by Crippen LogP contribution is -2.16. The maximum absolute atomic E-state index is 13.8. The predicted molar refractivity (Wildman–Crippen MR) is 82.5 cm³/mol. The van der Waals surface area contributed by atoms with Gasteiger partial charge in [-0.1, -0.05) is 11.6 Å². The minimum absolute atomic E-state index is 0.0125. The zero-order valence-corrected chi connectivity index (χ0v) is 14.7. The van der Waals surface area contributed by atoms with E-state index in [1.165, 1.54) is 6.07 Å². The normalized spacial score (nSPS) is 11.0. The Kier molecular flexibility index (Phi) is 6.63. The van der Waals surface area contributed by atoms with Crippen molar-refractivity contribution in [3.8, 4) is 0 Å². The summed E-state index contributed by atoms with van der Waals surface area (Å²) < 4.78 is 23.1. The third kappa shape index (κ3) is 4.42. The summed E-state index contributed by atoms with van der Waals surface area (Å²) in [5.41, 5.74) is -0.0649. The summed E-state index contributed by atoms with van der Waals surface area (Å²) in [6.45, 7) is 0. The van der Waals surface area contributed by atoms with E-state index in [9.17, 15) is 14.0 Å². The van der Waals surface area contributed by atoms with Crippen molar-refractivity contribution in [2.45, 2.75) is 0 Å². The van der Waals surface area contributed by atoms with Gasteiger partial charge in [0, 0.05) is 4.47 Å². The van der Waals surface area contributed by atoms with E-state index in [-0.39, 0.29) is 20.9 Å². The average molecular weight is 445 g/mol. The molecule has 0 unspecified atom stereocenters. The van der Waals surface area contributed by atoms with Crippen molar-refractivity contribution >= 4 is 61.1 Å². The van der Waals surface area contributed by atoms with E-state index in [1.807, 2.05) is 0 Å². The fourth-order valence-electron chi connectivity index (χ4n) is 1.25. The third-order valence-electron chi connectivity index (χ3n) is 2.24. The SMILES string of the molecule is COC(=O)/C=C(/Nc1c(Br)cc(Cl)c(F)c1Br)C(=O)OC. The third-order valence-corrected chi connectivity index (χ3v) is 3.89. The molecule has 0 aliphatic heterocycles. The first-order valence-electron chi connectivity index (χ1n) is 5.29. The van der Waals surface area contributed by atoms with Crippen molar-refractivity contribution in [2.75, 3.05) is 19.5 Å². The van der Waals surface area contributed by atoms with Crippen LogP contribution in [0.4, 0.5) is 10.1 Å². The van der Waals surface area contributed by atoms with E-state index < -0.39 is 17.8 Å². The van der Waals surface area contributed by atoms with Crippen molar-refractivity contribution in [3.05, 3.63) is 37.6 Å². The topological polar surface area (TPSA) is 64.6 Å². The summed E-state index contributed by atoms with van der Waals surface area (Å²) in [5.74, 6) is -2.32. The van der Waals surface area contributed by atoms with Crippen molar-refractivity contribution in [1.82, 2.24) is 0 Å². The van der Waals surface area contributed by atoms with Gasteiger partial charge in [0.05, 0.1) is 35.5 Å². The first-order chi connectivity index (χ1) is 9.81. The van der Waals surface area contributed by atoms with E-state index in [2.05, 4.69) is 46.7 Å². The zero-order chi connectivity index (χ0) is 16.2. The van der Waals surface area contributed by atoms with Crippen LogP contribution in [0.15, 0.2) is 26.8 Å². The summed E-state index contributed by atoms with van der Waals surface area (Å²) >= 11 is 11.9. The van der Waals surface area contributed by atoms with Gasteiger partial charge in [-0.25, -0.2) is 14.0 Å². The number of carbonyl (C=O) groups excluding carboxylic acids is 2. The second-order valence-electron chi connectivity index (χ2n) is 3.54. The van der Waals surface area contributed by atoms with Crippen LogP contribution in [-0.4, -0.2) is 26.2 Å². The van der Waals surface area contributed by atoms with Crippen LogP contribution in [0, 0.1) is 5.82 Å². The Hall–Kier alpha value is -1.12. The minimum atomic E-state index is -0.824. The van der Waals surface area contributed by atoms with Crippen LogP contribution in [0.2, 0.25) is 5.02 Å². The molecule has 0 bridgehead atoms. The number of esters is 2. The molecule has 0 radical (unpaired) electrons. The number of nitrogens with one attached hydrogen (secondary N) is 1. The van der Waals surface area contributed by atoms with E-state index in [4.69, 9.17) is 11.6 Å². The number of methoxy groups -OCH3 is 2. The summed E-state index contributed by atoms with van der Waals surface area (Å²) in [6, 6.07) is 1.30. The molecule has 0 aromatic heterocycles. The van der Waals surface area contributed by atoms with Gasteiger partial charge in [0.25, 0.3) is 0 Å². The Morgan fingerprint density at radius 2 is 1.95 bits per heavy atom. The quantitative estimate of drug-likeness (QED) is 0.332.